The van der Waals surface area contributed by atoms with Gasteiger partial charge < -0.3 is 15.4 Å². The molecule has 2 amide bonds. The number of carbonyl (C=O) groups is 2. The standard InChI is InChI=1S/C15H20N2O3/c1-4-9-20-13-7-5-12(6-8-13)15(19)16-10-14(18)17-11(2)3/h4-8,11H,1,9-10H2,2-3H3,(H,16,19)(H,17,18). The molecule has 0 saturated carbocycles. The molecule has 2 N–H and O–H groups in total. The average Bonchev–Trinajstić information content (AvgIpc) is 2.42. The van der Waals surface area contributed by atoms with Gasteiger partial charge in [0, 0.05) is 11.6 Å². The van der Waals surface area contributed by atoms with Crippen molar-refractivity contribution in [2.75, 3.05) is 13.2 Å². The molecule has 0 radical (unpaired) electrons. The van der Waals surface area contributed by atoms with E-state index in [1.807, 2.05) is 13.8 Å². The molecule has 5 heteroatoms. The van der Waals surface area contributed by atoms with E-state index in [0.717, 1.165) is 0 Å². The molecule has 0 unspecified atom stereocenters. The predicted octanol–water partition coefficient (Wildman–Crippen LogP) is 1.51. The van der Waals surface area contributed by atoms with Crippen molar-refractivity contribution in [3.05, 3.63) is 42.5 Å². The van der Waals surface area contributed by atoms with Crippen LogP contribution in [-0.4, -0.2) is 31.0 Å². The van der Waals surface area contributed by atoms with Gasteiger partial charge in [-0.1, -0.05) is 12.7 Å². The van der Waals surface area contributed by atoms with Gasteiger partial charge in [0.15, 0.2) is 0 Å². The average molecular weight is 276 g/mol. The highest BCUT2D eigenvalue weighted by Crippen LogP contribution is 2.11. The molecule has 0 saturated heterocycles. The largest absolute Gasteiger partial charge is 0.490 e. The van der Waals surface area contributed by atoms with Crippen LogP contribution in [0.5, 0.6) is 5.75 Å². The quantitative estimate of drug-likeness (QED) is 0.742. The zero-order valence-corrected chi connectivity index (χ0v) is 11.8. The zero-order chi connectivity index (χ0) is 15.0. The van der Waals surface area contributed by atoms with E-state index < -0.39 is 0 Å². The van der Waals surface area contributed by atoms with Crippen LogP contribution in [0.1, 0.15) is 24.2 Å². The van der Waals surface area contributed by atoms with Crippen LogP contribution in [0.3, 0.4) is 0 Å². The predicted molar refractivity (Wildman–Crippen MR) is 77.7 cm³/mol. The fraction of sp³-hybridized carbons (Fsp3) is 0.333. The summed E-state index contributed by atoms with van der Waals surface area (Å²) in [5.41, 5.74) is 0.480. The van der Waals surface area contributed by atoms with Crippen LogP contribution in [-0.2, 0) is 4.79 Å². The molecule has 0 heterocycles. The molecule has 1 aromatic carbocycles. The number of hydrogen-bond acceptors (Lipinski definition) is 3. The van der Waals surface area contributed by atoms with Gasteiger partial charge in [-0.25, -0.2) is 0 Å². The first-order valence-corrected chi connectivity index (χ1v) is 6.44. The Labute approximate surface area is 119 Å². The smallest absolute Gasteiger partial charge is 0.251 e. The van der Waals surface area contributed by atoms with Gasteiger partial charge in [-0.15, -0.1) is 0 Å². The molecule has 0 spiro atoms. The van der Waals surface area contributed by atoms with Gasteiger partial charge >= 0.3 is 0 Å². The Morgan fingerprint density at radius 2 is 1.95 bits per heavy atom. The Bertz CT molecular complexity index is 467. The number of nitrogens with one attached hydrogen (secondary N) is 2. The van der Waals surface area contributed by atoms with Crippen molar-refractivity contribution in [1.29, 1.82) is 0 Å². The number of ether oxygens (including phenoxy) is 1. The summed E-state index contributed by atoms with van der Waals surface area (Å²) >= 11 is 0. The first kappa shape index (κ1) is 15.8. The summed E-state index contributed by atoms with van der Waals surface area (Å²) in [6.45, 7) is 7.66. The molecule has 1 rings (SSSR count). The fourth-order valence-electron chi connectivity index (χ4n) is 1.49. The third-order valence-electron chi connectivity index (χ3n) is 2.34. The van der Waals surface area contributed by atoms with Crippen LogP contribution in [0, 0.1) is 0 Å². The maximum absolute atomic E-state index is 11.8. The highest BCUT2D eigenvalue weighted by atomic mass is 16.5. The molecule has 0 aliphatic rings. The summed E-state index contributed by atoms with van der Waals surface area (Å²) in [6.07, 6.45) is 1.65. The van der Waals surface area contributed by atoms with E-state index >= 15 is 0 Å². The minimum Gasteiger partial charge on any atom is -0.490 e. The van der Waals surface area contributed by atoms with E-state index in [1.54, 1.807) is 30.3 Å². The first-order chi connectivity index (χ1) is 9.52. The second-order valence-corrected chi connectivity index (χ2v) is 4.53. The van der Waals surface area contributed by atoms with E-state index in [4.69, 9.17) is 4.74 Å². The minimum atomic E-state index is -0.292. The van der Waals surface area contributed by atoms with Crippen molar-refractivity contribution in [3.63, 3.8) is 0 Å². The van der Waals surface area contributed by atoms with E-state index in [1.165, 1.54) is 0 Å². The normalized spacial score (nSPS) is 9.95. The van der Waals surface area contributed by atoms with Crippen LogP contribution in [0.15, 0.2) is 36.9 Å². The third-order valence-corrected chi connectivity index (χ3v) is 2.34. The highest BCUT2D eigenvalue weighted by Gasteiger charge is 2.08. The number of benzene rings is 1. The molecule has 0 fully saturated rings. The summed E-state index contributed by atoms with van der Waals surface area (Å²) in [5.74, 6) is 0.164. The molecule has 108 valence electrons. The molecule has 1 aromatic rings. The van der Waals surface area contributed by atoms with Crippen LogP contribution < -0.4 is 15.4 Å². The Kier molecular flexibility index (Phi) is 6.29. The first-order valence-electron chi connectivity index (χ1n) is 6.44. The lowest BCUT2D eigenvalue weighted by atomic mass is 10.2. The van der Waals surface area contributed by atoms with Gasteiger partial charge in [0.2, 0.25) is 5.91 Å². The van der Waals surface area contributed by atoms with Crippen molar-refractivity contribution >= 4 is 11.8 Å². The number of hydrogen-bond donors (Lipinski definition) is 2. The number of amides is 2. The fourth-order valence-corrected chi connectivity index (χ4v) is 1.49. The molecule has 5 nitrogen and oxygen atoms in total. The van der Waals surface area contributed by atoms with E-state index in [2.05, 4.69) is 17.2 Å². The van der Waals surface area contributed by atoms with Gasteiger partial charge in [0.1, 0.15) is 12.4 Å². The summed E-state index contributed by atoms with van der Waals surface area (Å²) in [4.78, 5) is 23.2. The van der Waals surface area contributed by atoms with Crippen molar-refractivity contribution in [2.24, 2.45) is 0 Å². The van der Waals surface area contributed by atoms with Crippen LogP contribution in [0.4, 0.5) is 0 Å². The van der Waals surface area contributed by atoms with Crippen molar-refractivity contribution in [3.8, 4) is 5.75 Å². The molecular weight excluding hydrogens is 256 g/mol. The molecule has 0 aromatic heterocycles. The minimum absolute atomic E-state index is 0.0360. The van der Waals surface area contributed by atoms with Gasteiger partial charge in [-0.2, -0.15) is 0 Å². The highest BCUT2D eigenvalue weighted by molar-refractivity contribution is 5.96. The number of rotatable bonds is 7. The third kappa shape index (κ3) is 5.56. The summed E-state index contributed by atoms with van der Waals surface area (Å²) in [7, 11) is 0. The van der Waals surface area contributed by atoms with E-state index in [9.17, 15) is 9.59 Å². The monoisotopic (exact) mass is 276 g/mol. The second kappa shape index (κ2) is 7.99. The molecule has 20 heavy (non-hydrogen) atoms. The molecular formula is C15H20N2O3. The Hall–Kier alpha value is -2.30. The number of carbonyl (C=O) groups excluding carboxylic acids is 2. The van der Waals surface area contributed by atoms with Crippen LogP contribution >= 0.6 is 0 Å². The maximum atomic E-state index is 11.8. The lowest BCUT2D eigenvalue weighted by molar-refractivity contribution is -0.120. The summed E-state index contributed by atoms with van der Waals surface area (Å²) in [6, 6.07) is 6.75. The van der Waals surface area contributed by atoms with Crippen LogP contribution in [0.2, 0.25) is 0 Å². The van der Waals surface area contributed by atoms with Crippen molar-refractivity contribution in [1.82, 2.24) is 10.6 Å². The SMILES string of the molecule is C=CCOc1ccc(C(=O)NCC(=O)NC(C)C)cc1. The molecule has 0 aliphatic carbocycles. The zero-order valence-electron chi connectivity index (χ0n) is 11.8. The van der Waals surface area contributed by atoms with Crippen molar-refractivity contribution < 1.29 is 14.3 Å². The lowest BCUT2D eigenvalue weighted by Crippen LogP contribution is -2.39. The molecule has 0 aliphatic heterocycles. The van der Waals surface area contributed by atoms with Crippen LogP contribution in [0.25, 0.3) is 0 Å². The topological polar surface area (TPSA) is 67.4 Å². The molecule has 0 bridgehead atoms. The van der Waals surface area contributed by atoms with E-state index in [0.29, 0.717) is 17.9 Å². The van der Waals surface area contributed by atoms with Gasteiger partial charge in [-0.3, -0.25) is 9.59 Å². The lowest BCUT2D eigenvalue weighted by Gasteiger charge is -2.09. The summed E-state index contributed by atoms with van der Waals surface area (Å²) < 4.78 is 5.32. The Morgan fingerprint density at radius 3 is 2.50 bits per heavy atom. The second-order valence-electron chi connectivity index (χ2n) is 4.53. The van der Waals surface area contributed by atoms with Gasteiger partial charge in [0.25, 0.3) is 5.91 Å². The van der Waals surface area contributed by atoms with Gasteiger partial charge in [-0.05, 0) is 38.1 Å². The maximum Gasteiger partial charge on any atom is 0.251 e. The van der Waals surface area contributed by atoms with E-state index in [-0.39, 0.29) is 24.4 Å². The summed E-state index contributed by atoms with van der Waals surface area (Å²) in [5, 5.41) is 5.26. The van der Waals surface area contributed by atoms with Crippen molar-refractivity contribution in [2.45, 2.75) is 19.9 Å². The Morgan fingerprint density at radius 1 is 1.30 bits per heavy atom. The van der Waals surface area contributed by atoms with Gasteiger partial charge in [0.05, 0.1) is 6.54 Å². The Balaban J connectivity index is 2.47. The molecule has 0 atom stereocenters.